The Hall–Kier alpha value is -1.10. The van der Waals surface area contributed by atoms with E-state index in [1.807, 2.05) is 36.2 Å². The zero-order valence-corrected chi connectivity index (χ0v) is 8.93. The molecule has 4 heteroatoms. The van der Waals surface area contributed by atoms with Crippen molar-refractivity contribution in [3.05, 3.63) is 29.8 Å². The van der Waals surface area contributed by atoms with E-state index in [0.717, 1.165) is 11.3 Å². The lowest BCUT2D eigenvalue weighted by molar-refractivity contribution is 0.0874. The number of aliphatic hydroxyl groups is 2. The number of nitrogens with zero attached hydrogens (tertiary/aromatic N) is 1. The maximum absolute atomic E-state index is 9.00. The molecule has 1 rings (SSSR count). The molecule has 0 radical (unpaired) electrons. The molecule has 84 valence electrons. The first-order valence-corrected chi connectivity index (χ1v) is 4.93. The van der Waals surface area contributed by atoms with E-state index in [1.165, 1.54) is 0 Å². The molecule has 0 saturated heterocycles. The van der Waals surface area contributed by atoms with Crippen LogP contribution >= 0.6 is 0 Å². The predicted molar refractivity (Wildman–Crippen MR) is 60.3 cm³/mol. The minimum atomic E-state index is -0.206. The third kappa shape index (κ3) is 3.51. The topological polar surface area (TPSA) is 69.7 Å². The Kier molecular flexibility index (Phi) is 4.55. The van der Waals surface area contributed by atoms with Crippen LogP contribution < -0.4 is 5.73 Å². The fourth-order valence-electron chi connectivity index (χ4n) is 1.38. The van der Waals surface area contributed by atoms with Crippen molar-refractivity contribution < 1.29 is 10.2 Å². The highest BCUT2D eigenvalue weighted by molar-refractivity contribution is 5.39. The second-order valence-electron chi connectivity index (χ2n) is 3.68. The number of nitrogen functional groups attached to an aromatic ring is 1. The zero-order valence-electron chi connectivity index (χ0n) is 8.93. The number of hydrogen-bond donors (Lipinski definition) is 3. The zero-order chi connectivity index (χ0) is 11.3. The molecule has 0 bridgehead atoms. The molecular formula is C11H18N2O2. The van der Waals surface area contributed by atoms with Gasteiger partial charge in [0, 0.05) is 12.2 Å². The maximum Gasteiger partial charge on any atom is 0.0609 e. The third-order valence-corrected chi connectivity index (χ3v) is 2.46. The lowest BCUT2D eigenvalue weighted by atomic mass is 10.2. The Bertz CT molecular complexity index is 283. The molecule has 1 aromatic carbocycles. The van der Waals surface area contributed by atoms with Crippen molar-refractivity contribution in [3.8, 4) is 0 Å². The smallest absolute Gasteiger partial charge is 0.0609 e. The fraction of sp³-hybridized carbons (Fsp3) is 0.455. The van der Waals surface area contributed by atoms with E-state index in [0.29, 0.717) is 6.54 Å². The molecule has 0 fully saturated rings. The summed E-state index contributed by atoms with van der Waals surface area (Å²) in [6, 6.07) is 7.36. The molecule has 0 aliphatic rings. The SMILES string of the molecule is CN(Cc1ccc(N)cc1)C(CO)CO. The van der Waals surface area contributed by atoms with Gasteiger partial charge in [0.1, 0.15) is 0 Å². The number of anilines is 1. The van der Waals surface area contributed by atoms with Crippen LogP contribution in [0.5, 0.6) is 0 Å². The van der Waals surface area contributed by atoms with Crippen molar-refractivity contribution in [1.29, 1.82) is 0 Å². The average Bonchev–Trinajstić information content (AvgIpc) is 2.23. The summed E-state index contributed by atoms with van der Waals surface area (Å²) in [5.41, 5.74) is 7.42. The quantitative estimate of drug-likeness (QED) is 0.601. The highest BCUT2D eigenvalue weighted by atomic mass is 16.3. The Morgan fingerprint density at radius 2 is 1.73 bits per heavy atom. The minimum absolute atomic E-state index is 0.0397. The van der Waals surface area contributed by atoms with E-state index < -0.39 is 0 Å². The molecular weight excluding hydrogens is 192 g/mol. The van der Waals surface area contributed by atoms with Crippen LogP contribution in [0.15, 0.2) is 24.3 Å². The molecule has 0 aromatic heterocycles. The van der Waals surface area contributed by atoms with Gasteiger partial charge in [-0.2, -0.15) is 0 Å². The number of aliphatic hydroxyl groups excluding tert-OH is 2. The van der Waals surface area contributed by atoms with Crippen LogP contribution in [0.2, 0.25) is 0 Å². The van der Waals surface area contributed by atoms with Gasteiger partial charge in [-0.05, 0) is 24.7 Å². The first-order valence-electron chi connectivity index (χ1n) is 4.93. The van der Waals surface area contributed by atoms with Crippen molar-refractivity contribution >= 4 is 5.69 Å². The van der Waals surface area contributed by atoms with Crippen molar-refractivity contribution in [2.24, 2.45) is 0 Å². The van der Waals surface area contributed by atoms with Gasteiger partial charge in [-0.3, -0.25) is 4.90 Å². The first kappa shape index (κ1) is 12.0. The lowest BCUT2D eigenvalue weighted by Gasteiger charge is -2.24. The van der Waals surface area contributed by atoms with E-state index in [1.54, 1.807) is 0 Å². The molecule has 0 amide bonds. The molecule has 0 aliphatic carbocycles. The highest BCUT2D eigenvalue weighted by Gasteiger charge is 2.12. The van der Waals surface area contributed by atoms with Crippen molar-refractivity contribution in [3.63, 3.8) is 0 Å². The van der Waals surface area contributed by atoms with Crippen LogP contribution in [0.25, 0.3) is 0 Å². The van der Waals surface area contributed by atoms with Gasteiger partial charge in [0.2, 0.25) is 0 Å². The van der Waals surface area contributed by atoms with Gasteiger partial charge in [-0.15, -0.1) is 0 Å². The monoisotopic (exact) mass is 210 g/mol. The molecule has 0 unspecified atom stereocenters. The number of benzene rings is 1. The Labute approximate surface area is 89.9 Å². The number of nitrogens with two attached hydrogens (primary N) is 1. The van der Waals surface area contributed by atoms with Gasteiger partial charge in [0.25, 0.3) is 0 Å². The average molecular weight is 210 g/mol. The third-order valence-electron chi connectivity index (χ3n) is 2.46. The second-order valence-corrected chi connectivity index (χ2v) is 3.68. The standard InChI is InChI=1S/C11H18N2O2/c1-13(11(7-14)8-15)6-9-2-4-10(12)5-3-9/h2-5,11,14-15H,6-8,12H2,1H3. The predicted octanol–water partition coefficient (Wildman–Crippen LogP) is 0.0538. The molecule has 1 aromatic rings. The molecule has 4 nitrogen and oxygen atoms in total. The molecule has 0 heterocycles. The highest BCUT2D eigenvalue weighted by Crippen LogP contribution is 2.09. The number of hydrogen-bond acceptors (Lipinski definition) is 4. The van der Waals surface area contributed by atoms with E-state index >= 15 is 0 Å². The van der Waals surface area contributed by atoms with Gasteiger partial charge >= 0.3 is 0 Å². The summed E-state index contributed by atoms with van der Waals surface area (Å²) in [7, 11) is 1.87. The van der Waals surface area contributed by atoms with Crippen molar-refractivity contribution in [1.82, 2.24) is 4.90 Å². The molecule has 0 aliphatic heterocycles. The summed E-state index contributed by atoms with van der Waals surface area (Å²) in [5, 5.41) is 18.0. The van der Waals surface area contributed by atoms with Crippen LogP contribution in [0, 0.1) is 0 Å². The molecule has 0 saturated carbocycles. The molecule has 4 N–H and O–H groups in total. The Morgan fingerprint density at radius 1 is 1.20 bits per heavy atom. The maximum atomic E-state index is 9.00. The van der Waals surface area contributed by atoms with Gasteiger partial charge < -0.3 is 15.9 Å². The summed E-state index contributed by atoms with van der Waals surface area (Å²) >= 11 is 0. The van der Waals surface area contributed by atoms with E-state index in [4.69, 9.17) is 15.9 Å². The normalized spacial score (nSPS) is 11.3. The summed E-state index contributed by atoms with van der Waals surface area (Å²) in [6.07, 6.45) is 0. The summed E-state index contributed by atoms with van der Waals surface area (Å²) in [5.74, 6) is 0. The molecule has 15 heavy (non-hydrogen) atoms. The van der Waals surface area contributed by atoms with E-state index in [2.05, 4.69) is 0 Å². The van der Waals surface area contributed by atoms with Crippen LogP contribution in [-0.2, 0) is 6.54 Å². The van der Waals surface area contributed by atoms with Gasteiger partial charge in [-0.25, -0.2) is 0 Å². The van der Waals surface area contributed by atoms with Gasteiger partial charge in [0.15, 0.2) is 0 Å². The summed E-state index contributed by atoms with van der Waals surface area (Å²) in [4.78, 5) is 1.91. The first-order chi connectivity index (χ1) is 7.17. The van der Waals surface area contributed by atoms with Crippen LogP contribution in [0.1, 0.15) is 5.56 Å². The number of rotatable bonds is 5. The van der Waals surface area contributed by atoms with E-state index in [-0.39, 0.29) is 19.3 Å². The van der Waals surface area contributed by atoms with Crippen molar-refractivity contribution in [2.75, 3.05) is 26.0 Å². The molecule has 0 atom stereocenters. The van der Waals surface area contributed by atoms with Gasteiger partial charge in [0.05, 0.1) is 19.3 Å². The van der Waals surface area contributed by atoms with Crippen LogP contribution in [-0.4, -0.2) is 41.4 Å². The summed E-state index contributed by atoms with van der Waals surface area (Å²) in [6.45, 7) is 0.607. The number of likely N-dealkylation sites (N-methyl/N-ethyl adjacent to an activating group) is 1. The lowest BCUT2D eigenvalue weighted by Crippen LogP contribution is -2.37. The Balaban J connectivity index is 2.57. The summed E-state index contributed by atoms with van der Waals surface area (Å²) < 4.78 is 0. The van der Waals surface area contributed by atoms with E-state index in [9.17, 15) is 0 Å². The largest absolute Gasteiger partial charge is 0.399 e. The molecule has 0 spiro atoms. The fourth-order valence-corrected chi connectivity index (χ4v) is 1.38. The Morgan fingerprint density at radius 3 is 2.20 bits per heavy atom. The van der Waals surface area contributed by atoms with Crippen LogP contribution in [0.3, 0.4) is 0 Å². The second kappa shape index (κ2) is 5.70. The van der Waals surface area contributed by atoms with Crippen LogP contribution in [0.4, 0.5) is 5.69 Å². The van der Waals surface area contributed by atoms with Gasteiger partial charge in [-0.1, -0.05) is 12.1 Å². The minimum Gasteiger partial charge on any atom is -0.399 e. The van der Waals surface area contributed by atoms with Crippen molar-refractivity contribution in [2.45, 2.75) is 12.6 Å².